The average Bonchev–Trinajstić information content (AvgIpc) is 2.83. The summed E-state index contributed by atoms with van der Waals surface area (Å²) in [4.78, 5) is 4.73. The topological polar surface area (TPSA) is 17.8 Å². The van der Waals surface area contributed by atoms with E-state index in [9.17, 15) is 4.39 Å². The predicted molar refractivity (Wildman–Crippen MR) is 105 cm³/mol. The smallest absolute Gasteiger partial charge is 0.163 e. The number of fused-ring (bicyclic) bond motifs is 1. The molecule has 2 heterocycles. The first-order valence-corrected chi connectivity index (χ1v) is 11.8. The highest BCUT2D eigenvalue weighted by Crippen LogP contribution is 2.40. The maximum absolute atomic E-state index is 13.5. The summed E-state index contributed by atoms with van der Waals surface area (Å²) in [6.07, 6.45) is 4.00. The molecular formula is C19H22BrFN2Si. The van der Waals surface area contributed by atoms with Crippen LogP contribution in [0.4, 0.5) is 4.39 Å². The van der Waals surface area contributed by atoms with Crippen molar-refractivity contribution in [1.29, 1.82) is 0 Å². The van der Waals surface area contributed by atoms with E-state index in [1.54, 1.807) is 12.1 Å². The molecule has 0 unspecified atom stereocenters. The van der Waals surface area contributed by atoms with Crippen LogP contribution >= 0.6 is 15.9 Å². The van der Waals surface area contributed by atoms with E-state index in [2.05, 4.69) is 66.3 Å². The largest absolute Gasteiger partial charge is 0.358 e. The van der Waals surface area contributed by atoms with Gasteiger partial charge >= 0.3 is 0 Å². The number of halogens is 2. The highest BCUT2D eigenvalue weighted by atomic mass is 79.9. The molecule has 0 saturated carbocycles. The second-order valence-electron chi connectivity index (χ2n) is 7.76. The van der Waals surface area contributed by atoms with E-state index in [4.69, 9.17) is 4.98 Å². The van der Waals surface area contributed by atoms with Crippen LogP contribution in [0.15, 0.2) is 47.2 Å². The first kappa shape index (κ1) is 17.4. The van der Waals surface area contributed by atoms with E-state index in [1.807, 2.05) is 12.3 Å². The third kappa shape index (κ3) is 2.84. The molecule has 2 nitrogen and oxygen atoms in total. The number of nitrogens with zero attached hydrogens (tertiary/aromatic N) is 2. The van der Waals surface area contributed by atoms with Crippen LogP contribution in [0, 0.1) is 5.82 Å². The third-order valence-corrected chi connectivity index (χ3v) is 11.0. The van der Waals surface area contributed by atoms with E-state index >= 15 is 0 Å². The maximum Gasteiger partial charge on any atom is 0.163 e. The zero-order valence-electron chi connectivity index (χ0n) is 14.7. The summed E-state index contributed by atoms with van der Waals surface area (Å²) < 4.78 is 16.9. The van der Waals surface area contributed by atoms with Crippen LogP contribution in [0.5, 0.6) is 0 Å². The fraction of sp³-hybridized carbons (Fsp3) is 0.316. The number of hydrogen-bond acceptors (Lipinski definition) is 1. The summed E-state index contributed by atoms with van der Waals surface area (Å²) in [5, 5.41) is 1.28. The van der Waals surface area contributed by atoms with Crippen molar-refractivity contribution in [3.05, 3.63) is 53.0 Å². The normalized spacial score (nSPS) is 12.8. The molecule has 0 spiro atoms. The Morgan fingerprint density at radius 3 is 2.46 bits per heavy atom. The van der Waals surface area contributed by atoms with Gasteiger partial charge < -0.3 is 4.23 Å². The first-order valence-electron chi connectivity index (χ1n) is 8.04. The minimum atomic E-state index is -1.77. The van der Waals surface area contributed by atoms with Crippen molar-refractivity contribution >= 4 is 35.2 Å². The van der Waals surface area contributed by atoms with Gasteiger partial charge in [0, 0.05) is 27.8 Å². The second kappa shape index (κ2) is 5.81. The maximum atomic E-state index is 13.5. The van der Waals surface area contributed by atoms with Crippen molar-refractivity contribution in [3.63, 3.8) is 0 Å². The Bertz CT molecular complexity index is 909. The van der Waals surface area contributed by atoms with Gasteiger partial charge in [-0.1, -0.05) is 46.0 Å². The fourth-order valence-electron chi connectivity index (χ4n) is 2.68. The van der Waals surface area contributed by atoms with Crippen molar-refractivity contribution in [1.82, 2.24) is 9.22 Å². The number of aromatic nitrogens is 2. The van der Waals surface area contributed by atoms with Gasteiger partial charge in [0.05, 0.1) is 0 Å². The minimum absolute atomic E-state index is 0.210. The van der Waals surface area contributed by atoms with E-state index in [-0.39, 0.29) is 10.9 Å². The van der Waals surface area contributed by atoms with E-state index in [0.717, 1.165) is 26.6 Å². The third-order valence-electron chi connectivity index (χ3n) is 5.19. The van der Waals surface area contributed by atoms with Crippen LogP contribution in [0.25, 0.3) is 22.2 Å². The van der Waals surface area contributed by atoms with E-state index in [0.29, 0.717) is 0 Å². The Balaban J connectivity index is 2.19. The Morgan fingerprint density at radius 1 is 1.12 bits per heavy atom. The minimum Gasteiger partial charge on any atom is -0.358 e. The highest BCUT2D eigenvalue weighted by Gasteiger charge is 2.38. The predicted octanol–water partition coefficient (Wildman–Crippen LogP) is 6.46. The van der Waals surface area contributed by atoms with Crippen LogP contribution in [0.1, 0.15) is 20.8 Å². The SMILES string of the molecule is CC(C)(C)[Si](C)(C)n1cc(Br)c2cc(-c3cccc(F)c3)cnc21. The van der Waals surface area contributed by atoms with Crippen molar-refractivity contribution in [3.8, 4) is 11.1 Å². The summed E-state index contributed by atoms with van der Waals surface area (Å²) in [5.41, 5.74) is 2.76. The lowest BCUT2D eigenvalue weighted by Crippen LogP contribution is -2.45. The molecule has 24 heavy (non-hydrogen) atoms. The summed E-state index contributed by atoms with van der Waals surface area (Å²) in [6.45, 7) is 11.6. The summed E-state index contributed by atoms with van der Waals surface area (Å²) in [7, 11) is -1.77. The second-order valence-corrected chi connectivity index (χ2v) is 13.7. The summed E-state index contributed by atoms with van der Waals surface area (Å²) >= 11 is 3.69. The average molecular weight is 405 g/mol. The zero-order chi connectivity index (χ0) is 17.7. The lowest BCUT2D eigenvalue weighted by Gasteiger charge is -2.38. The van der Waals surface area contributed by atoms with Gasteiger partial charge in [0.2, 0.25) is 0 Å². The molecular weight excluding hydrogens is 383 g/mol. The Labute approximate surface area is 151 Å². The monoisotopic (exact) mass is 404 g/mol. The number of pyridine rings is 1. The number of benzene rings is 1. The van der Waals surface area contributed by atoms with Gasteiger partial charge in [-0.25, -0.2) is 9.37 Å². The molecule has 0 bridgehead atoms. The molecule has 2 aromatic heterocycles. The van der Waals surface area contributed by atoms with Crippen molar-refractivity contribution in [2.45, 2.75) is 38.9 Å². The van der Waals surface area contributed by atoms with Gasteiger partial charge in [-0.3, -0.25) is 0 Å². The van der Waals surface area contributed by atoms with E-state index < -0.39 is 8.24 Å². The van der Waals surface area contributed by atoms with Crippen LogP contribution in [-0.4, -0.2) is 17.5 Å². The van der Waals surface area contributed by atoms with Gasteiger partial charge in [-0.15, -0.1) is 0 Å². The van der Waals surface area contributed by atoms with Gasteiger partial charge in [0.1, 0.15) is 11.5 Å². The van der Waals surface area contributed by atoms with Gasteiger partial charge in [-0.05, 0) is 44.7 Å². The van der Waals surface area contributed by atoms with Gasteiger partial charge in [-0.2, -0.15) is 0 Å². The molecule has 5 heteroatoms. The van der Waals surface area contributed by atoms with Crippen molar-refractivity contribution in [2.75, 3.05) is 0 Å². The van der Waals surface area contributed by atoms with Crippen LogP contribution < -0.4 is 0 Å². The molecule has 3 rings (SSSR count). The van der Waals surface area contributed by atoms with Gasteiger partial charge in [0.25, 0.3) is 0 Å². The molecule has 0 radical (unpaired) electrons. The molecule has 0 saturated heterocycles. The summed E-state index contributed by atoms with van der Waals surface area (Å²) in [6, 6.07) is 8.72. The highest BCUT2D eigenvalue weighted by molar-refractivity contribution is 9.10. The molecule has 1 aromatic carbocycles. The first-order chi connectivity index (χ1) is 11.1. The van der Waals surface area contributed by atoms with Crippen LogP contribution in [0.3, 0.4) is 0 Å². The molecule has 0 fully saturated rings. The lowest BCUT2D eigenvalue weighted by atomic mass is 10.1. The molecule has 0 N–H and O–H groups in total. The number of rotatable bonds is 2. The van der Waals surface area contributed by atoms with Crippen molar-refractivity contribution < 1.29 is 4.39 Å². The molecule has 3 aromatic rings. The Morgan fingerprint density at radius 2 is 1.83 bits per heavy atom. The van der Waals surface area contributed by atoms with E-state index in [1.165, 1.54) is 6.07 Å². The molecule has 0 aliphatic carbocycles. The van der Waals surface area contributed by atoms with Crippen molar-refractivity contribution in [2.24, 2.45) is 0 Å². The Hall–Kier alpha value is -1.46. The zero-order valence-corrected chi connectivity index (χ0v) is 17.3. The molecule has 0 amide bonds. The molecule has 0 aliphatic heterocycles. The standard InChI is InChI=1S/C19H22BrFN2Si/c1-19(2,3)24(4,5)23-12-17(20)16-10-14(11-22-18(16)23)13-7-6-8-15(21)9-13/h6-12H,1-5H3. The quantitative estimate of drug-likeness (QED) is 0.448. The van der Waals surface area contributed by atoms with Crippen LogP contribution in [0.2, 0.25) is 18.1 Å². The lowest BCUT2D eigenvalue weighted by molar-refractivity contribution is 0.628. The molecule has 0 atom stereocenters. The summed E-state index contributed by atoms with van der Waals surface area (Å²) in [5.74, 6) is -0.231. The molecule has 0 aliphatic rings. The number of hydrogen-bond donors (Lipinski definition) is 0. The Kier molecular flexibility index (Phi) is 4.20. The van der Waals surface area contributed by atoms with Crippen LogP contribution in [-0.2, 0) is 0 Å². The van der Waals surface area contributed by atoms with Gasteiger partial charge in [0.15, 0.2) is 8.24 Å². The fourth-order valence-corrected chi connectivity index (χ4v) is 5.25. The molecule has 126 valence electrons.